The highest BCUT2D eigenvalue weighted by Crippen LogP contribution is 2.25. The molecule has 0 aliphatic heterocycles. The molecule has 0 aliphatic carbocycles. The molecule has 3 rings (SSSR count). The van der Waals surface area contributed by atoms with Crippen molar-refractivity contribution in [3.05, 3.63) is 65.5 Å². The summed E-state index contributed by atoms with van der Waals surface area (Å²) in [7, 11) is 0. The average molecular weight is 350 g/mol. The van der Waals surface area contributed by atoms with Crippen molar-refractivity contribution >= 4 is 11.6 Å². The lowest BCUT2D eigenvalue weighted by molar-refractivity contribution is 0.102. The van der Waals surface area contributed by atoms with E-state index in [1.807, 2.05) is 70.2 Å². The van der Waals surface area contributed by atoms with Crippen molar-refractivity contribution in [2.45, 2.75) is 33.8 Å². The summed E-state index contributed by atoms with van der Waals surface area (Å²) >= 11 is 0. The normalized spacial score (nSPS) is 10.8. The summed E-state index contributed by atoms with van der Waals surface area (Å²) in [6, 6.07) is 15.2. The lowest BCUT2D eigenvalue weighted by atomic mass is 10.2. The van der Waals surface area contributed by atoms with E-state index in [0.717, 1.165) is 11.3 Å². The predicted octanol–water partition coefficient (Wildman–Crippen LogP) is 3.92. The second kappa shape index (κ2) is 7.39. The number of ether oxygens (including phenoxy) is 1. The Kier molecular flexibility index (Phi) is 5.02. The van der Waals surface area contributed by atoms with Crippen LogP contribution in [0.25, 0.3) is 5.69 Å². The van der Waals surface area contributed by atoms with Crippen LogP contribution < -0.4 is 10.1 Å². The third-order valence-corrected chi connectivity index (χ3v) is 3.85. The molecule has 6 nitrogen and oxygen atoms in total. The molecule has 26 heavy (non-hydrogen) atoms. The van der Waals surface area contributed by atoms with Gasteiger partial charge in [0.15, 0.2) is 5.69 Å². The smallest absolute Gasteiger partial charge is 0.278 e. The predicted molar refractivity (Wildman–Crippen MR) is 101 cm³/mol. The molecule has 0 aliphatic rings. The molecule has 6 heteroatoms. The number of carbonyl (C=O) groups is 1. The summed E-state index contributed by atoms with van der Waals surface area (Å²) in [5.41, 5.74) is 3.55. The number of nitrogens with one attached hydrogen (secondary N) is 1. The molecule has 0 radical (unpaired) electrons. The molecule has 0 bridgehead atoms. The molecule has 134 valence electrons. The highest BCUT2D eigenvalue weighted by atomic mass is 16.5. The van der Waals surface area contributed by atoms with E-state index in [4.69, 9.17) is 4.74 Å². The van der Waals surface area contributed by atoms with E-state index in [1.54, 1.807) is 10.7 Å². The first kappa shape index (κ1) is 17.7. The Hall–Kier alpha value is -3.15. The summed E-state index contributed by atoms with van der Waals surface area (Å²) in [6.07, 6.45) is 0.0111. The van der Waals surface area contributed by atoms with Gasteiger partial charge in [-0.3, -0.25) is 4.79 Å². The van der Waals surface area contributed by atoms with Crippen LogP contribution in [0.4, 0.5) is 5.69 Å². The van der Waals surface area contributed by atoms with Crippen LogP contribution in [0.15, 0.2) is 48.5 Å². The van der Waals surface area contributed by atoms with Gasteiger partial charge in [0.25, 0.3) is 5.91 Å². The zero-order chi connectivity index (χ0) is 18.7. The number of anilines is 1. The molecular weight excluding hydrogens is 328 g/mol. The van der Waals surface area contributed by atoms with E-state index >= 15 is 0 Å². The molecule has 1 N–H and O–H groups in total. The van der Waals surface area contributed by atoms with E-state index in [1.165, 1.54) is 0 Å². The van der Waals surface area contributed by atoms with Crippen molar-refractivity contribution in [1.29, 1.82) is 0 Å². The largest absolute Gasteiger partial charge is 0.489 e. The molecule has 1 amide bonds. The Morgan fingerprint density at radius 1 is 1.12 bits per heavy atom. The fraction of sp³-hybridized carbons (Fsp3) is 0.250. The lowest BCUT2D eigenvalue weighted by Gasteiger charge is -2.14. The van der Waals surface area contributed by atoms with Gasteiger partial charge in [-0.25, -0.2) is 4.68 Å². The summed E-state index contributed by atoms with van der Waals surface area (Å²) in [4.78, 5) is 12.7. The van der Waals surface area contributed by atoms with E-state index in [9.17, 15) is 4.79 Å². The van der Waals surface area contributed by atoms with Gasteiger partial charge in [0, 0.05) is 0 Å². The average Bonchev–Trinajstić information content (AvgIpc) is 2.98. The van der Waals surface area contributed by atoms with Crippen LogP contribution in [-0.2, 0) is 0 Å². The van der Waals surface area contributed by atoms with Crippen LogP contribution >= 0.6 is 0 Å². The van der Waals surface area contributed by atoms with Gasteiger partial charge in [0.2, 0.25) is 0 Å². The molecular formula is C20H22N4O2. The van der Waals surface area contributed by atoms with Gasteiger partial charge in [-0.15, -0.1) is 5.10 Å². The van der Waals surface area contributed by atoms with Crippen LogP contribution in [-0.4, -0.2) is 27.0 Å². The second-order valence-electron chi connectivity index (χ2n) is 6.39. The molecule has 2 aromatic carbocycles. The maximum Gasteiger partial charge on any atom is 0.278 e. The number of para-hydroxylation sites is 2. The molecule has 0 atom stereocenters. The monoisotopic (exact) mass is 350 g/mol. The second-order valence-corrected chi connectivity index (χ2v) is 6.39. The van der Waals surface area contributed by atoms with Gasteiger partial charge < -0.3 is 10.1 Å². The van der Waals surface area contributed by atoms with Crippen LogP contribution in [0, 0.1) is 13.8 Å². The SMILES string of the molecule is Cc1cccc(-n2nnc(C(=O)Nc3ccccc3OC(C)C)c2C)c1. The fourth-order valence-corrected chi connectivity index (χ4v) is 2.65. The number of hydrogen-bond acceptors (Lipinski definition) is 4. The first-order valence-corrected chi connectivity index (χ1v) is 8.52. The quantitative estimate of drug-likeness (QED) is 0.757. The molecule has 1 aromatic heterocycles. The van der Waals surface area contributed by atoms with E-state index in [0.29, 0.717) is 17.1 Å². The summed E-state index contributed by atoms with van der Waals surface area (Å²) < 4.78 is 7.41. The Labute approximate surface area is 152 Å². The molecule has 0 unspecified atom stereocenters. The Morgan fingerprint density at radius 3 is 2.62 bits per heavy atom. The number of aryl methyl sites for hydroxylation is 1. The van der Waals surface area contributed by atoms with Crippen molar-refractivity contribution in [2.75, 3.05) is 5.32 Å². The van der Waals surface area contributed by atoms with Gasteiger partial charge in [-0.2, -0.15) is 0 Å². The van der Waals surface area contributed by atoms with Crippen LogP contribution in [0.2, 0.25) is 0 Å². The number of benzene rings is 2. The lowest BCUT2D eigenvalue weighted by Crippen LogP contribution is -2.16. The van der Waals surface area contributed by atoms with Gasteiger partial charge >= 0.3 is 0 Å². The zero-order valence-electron chi connectivity index (χ0n) is 15.4. The minimum atomic E-state index is -0.318. The maximum atomic E-state index is 12.7. The minimum Gasteiger partial charge on any atom is -0.489 e. The minimum absolute atomic E-state index is 0.0111. The Balaban J connectivity index is 1.86. The third-order valence-electron chi connectivity index (χ3n) is 3.85. The van der Waals surface area contributed by atoms with Gasteiger partial charge in [0.1, 0.15) is 5.75 Å². The number of nitrogens with zero attached hydrogens (tertiary/aromatic N) is 3. The number of rotatable bonds is 5. The van der Waals surface area contributed by atoms with Gasteiger partial charge in [-0.1, -0.05) is 29.5 Å². The molecule has 3 aromatic rings. The van der Waals surface area contributed by atoms with Gasteiger partial charge in [-0.05, 0) is 57.5 Å². The first-order valence-electron chi connectivity index (χ1n) is 8.52. The number of aromatic nitrogens is 3. The number of amides is 1. The topological polar surface area (TPSA) is 69.0 Å². The Bertz CT molecular complexity index is 931. The van der Waals surface area contributed by atoms with E-state index < -0.39 is 0 Å². The number of hydrogen-bond donors (Lipinski definition) is 1. The highest BCUT2D eigenvalue weighted by molar-refractivity contribution is 6.04. The number of carbonyl (C=O) groups excluding carboxylic acids is 1. The summed E-state index contributed by atoms with van der Waals surface area (Å²) in [6.45, 7) is 7.72. The van der Waals surface area contributed by atoms with Crippen molar-refractivity contribution in [3.8, 4) is 11.4 Å². The zero-order valence-corrected chi connectivity index (χ0v) is 15.4. The molecule has 0 saturated heterocycles. The van der Waals surface area contributed by atoms with Crippen LogP contribution in [0.3, 0.4) is 0 Å². The summed E-state index contributed by atoms with van der Waals surface area (Å²) in [5, 5.41) is 11.1. The molecule has 0 fully saturated rings. The standard InChI is InChI=1S/C20H22N4O2/c1-13(2)26-18-11-6-5-10-17(18)21-20(25)19-15(4)24(23-22-19)16-9-7-8-14(3)12-16/h5-13H,1-4H3,(H,21,25). The maximum absolute atomic E-state index is 12.7. The van der Waals surface area contributed by atoms with Crippen molar-refractivity contribution < 1.29 is 9.53 Å². The highest BCUT2D eigenvalue weighted by Gasteiger charge is 2.19. The van der Waals surface area contributed by atoms with Crippen molar-refractivity contribution in [1.82, 2.24) is 15.0 Å². The van der Waals surface area contributed by atoms with Crippen molar-refractivity contribution in [2.24, 2.45) is 0 Å². The van der Waals surface area contributed by atoms with Gasteiger partial charge in [0.05, 0.1) is 23.2 Å². The summed E-state index contributed by atoms with van der Waals surface area (Å²) in [5.74, 6) is 0.306. The first-order chi connectivity index (χ1) is 12.5. The van der Waals surface area contributed by atoms with E-state index in [-0.39, 0.29) is 17.7 Å². The molecule has 0 saturated carbocycles. The van der Waals surface area contributed by atoms with Crippen molar-refractivity contribution in [3.63, 3.8) is 0 Å². The van der Waals surface area contributed by atoms with Crippen LogP contribution in [0.1, 0.15) is 35.6 Å². The Morgan fingerprint density at radius 2 is 1.88 bits per heavy atom. The third kappa shape index (κ3) is 3.74. The molecule has 0 spiro atoms. The molecule has 1 heterocycles. The van der Waals surface area contributed by atoms with E-state index in [2.05, 4.69) is 15.6 Å². The fourth-order valence-electron chi connectivity index (χ4n) is 2.65. The van der Waals surface area contributed by atoms with Crippen LogP contribution in [0.5, 0.6) is 5.75 Å².